The van der Waals surface area contributed by atoms with Crippen LogP contribution in [0.1, 0.15) is 38.7 Å². The van der Waals surface area contributed by atoms with Crippen LogP contribution < -0.4 is 14.4 Å². The van der Waals surface area contributed by atoms with Crippen LogP contribution in [-0.4, -0.2) is 57.6 Å². The van der Waals surface area contributed by atoms with E-state index in [1.165, 1.54) is 16.3 Å². The summed E-state index contributed by atoms with van der Waals surface area (Å²) >= 11 is 12.7. The second kappa shape index (κ2) is 13.7. The normalized spacial score (nSPS) is 12.1. The van der Waals surface area contributed by atoms with E-state index in [9.17, 15) is 18.0 Å². The summed E-state index contributed by atoms with van der Waals surface area (Å²) in [5, 5.41) is 3.39. The van der Waals surface area contributed by atoms with Crippen molar-refractivity contribution in [2.75, 3.05) is 30.8 Å². The second-order valence-electron chi connectivity index (χ2n) is 8.13. The highest BCUT2D eigenvalue weighted by Gasteiger charge is 2.29. The summed E-state index contributed by atoms with van der Waals surface area (Å²) in [6, 6.07) is 11.1. The van der Waals surface area contributed by atoms with Crippen molar-refractivity contribution in [2.45, 2.75) is 45.7 Å². The van der Waals surface area contributed by atoms with Gasteiger partial charge < -0.3 is 15.0 Å². The predicted molar refractivity (Wildman–Crippen MR) is 144 cm³/mol. The van der Waals surface area contributed by atoms with E-state index in [1.807, 2.05) is 13.8 Å². The molecule has 0 saturated heterocycles. The van der Waals surface area contributed by atoms with Crippen LogP contribution in [0.2, 0.25) is 10.0 Å². The first kappa shape index (κ1) is 29.7. The monoisotopic (exact) mass is 557 g/mol. The Morgan fingerprint density at radius 2 is 1.67 bits per heavy atom. The van der Waals surface area contributed by atoms with Crippen molar-refractivity contribution >= 4 is 50.7 Å². The predicted octanol–water partition coefficient (Wildman–Crippen LogP) is 4.49. The summed E-state index contributed by atoms with van der Waals surface area (Å²) in [7, 11) is -2.08. The molecule has 1 atom stereocenters. The molecule has 0 aliphatic rings. The van der Waals surface area contributed by atoms with Crippen molar-refractivity contribution in [3.63, 3.8) is 0 Å². The van der Waals surface area contributed by atoms with E-state index in [0.717, 1.165) is 6.26 Å². The first-order valence-electron chi connectivity index (χ1n) is 11.7. The zero-order valence-electron chi connectivity index (χ0n) is 21.0. The number of hydrogen-bond donors (Lipinski definition) is 1. The molecule has 0 radical (unpaired) electrons. The molecule has 0 aromatic heterocycles. The number of halogens is 2. The molecule has 2 aromatic carbocycles. The standard InChI is InChI=1S/C25H33Cl2N3O5S/c1-5-23(25(32)28-3)29(17-20-21(26)9-7-10-22(20)27)24(31)11-8-16-30(36(4,33)34)18-12-14-19(15-13-18)35-6-2/h7,9-10,12-15,23H,5-6,8,11,16-17H2,1-4H3,(H,28,32)/t23-/m1/s1. The number of carbonyl (C=O) groups is 2. The summed E-state index contributed by atoms with van der Waals surface area (Å²) in [4.78, 5) is 27.4. The van der Waals surface area contributed by atoms with Crippen LogP contribution in [0.25, 0.3) is 0 Å². The molecule has 2 rings (SSSR count). The van der Waals surface area contributed by atoms with Crippen molar-refractivity contribution in [2.24, 2.45) is 0 Å². The molecule has 1 N–H and O–H groups in total. The molecule has 2 aromatic rings. The summed E-state index contributed by atoms with van der Waals surface area (Å²) in [6.07, 6.45) is 1.78. The van der Waals surface area contributed by atoms with Gasteiger partial charge in [0.15, 0.2) is 0 Å². The molecular weight excluding hydrogens is 525 g/mol. The molecule has 0 bridgehead atoms. The highest BCUT2D eigenvalue weighted by molar-refractivity contribution is 7.92. The first-order chi connectivity index (χ1) is 17.0. The number of rotatable bonds is 13. The van der Waals surface area contributed by atoms with Crippen molar-refractivity contribution < 1.29 is 22.7 Å². The van der Waals surface area contributed by atoms with Crippen LogP contribution in [0.4, 0.5) is 5.69 Å². The van der Waals surface area contributed by atoms with Gasteiger partial charge in [0.25, 0.3) is 0 Å². The molecule has 2 amide bonds. The zero-order chi connectivity index (χ0) is 26.9. The van der Waals surface area contributed by atoms with E-state index in [1.54, 1.807) is 42.5 Å². The van der Waals surface area contributed by atoms with Gasteiger partial charge in [0.2, 0.25) is 21.8 Å². The number of benzene rings is 2. The van der Waals surface area contributed by atoms with E-state index in [4.69, 9.17) is 27.9 Å². The Balaban J connectivity index is 2.22. The molecule has 0 aliphatic heterocycles. The van der Waals surface area contributed by atoms with Gasteiger partial charge in [-0.2, -0.15) is 0 Å². The Labute approximate surface area is 223 Å². The average molecular weight is 559 g/mol. The third-order valence-corrected chi connectivity index (χ3v) is 7.51. The van der Waals surface area contributed by atoms with Crippen molar-refractivity contribution in [1.82, 2.24) is 10.2 Å². The Morgan fingerprint density at radius 3 is 2.17 bits per heavy atom. The van der Waals surface area contributed by atoms with Gasteiger partial charge in [-0.3, -0.25) is 13.9 Å². The van der Waals surface area contributed by atoms with Crippen LogP contribution >= 0.6 is 23.2 Å². The van der Waals surface area contributed by atoms with E-state index in [-0.39, 0.29) is 37.7 Å². The van der Waals surface area contributed by atoms with Crippen molar-refractivity contribution in [3.8, 4) is 5.75 Å². The SMILES string of the molecule is CCOc1ccc(N(CCCC(=O)N(Cc2c(Cl)cccc2Cl)[C@H](CC)C(=O)NC)S(C)(=O)=O)cc1. The third-order valence-electron chi connectivity index (χ3n) is 5.61. The van der Waals surface area contributed by atoms with Gasteiger partial charge in [-0.1, -0.05) is 36.2 Å². The van der Waals surface area contributed by atoms with E-state index < -0.39 is 16.1 Å². The molecular formula is C25H33Cl2N3O5S. The summed E-state index contributed by atoms with van der Waals surface area (Å²) in [6.45, 7) is 4.32. The molecule has 11 heteroatoms. The van der Waals surface area contributed by atoms with Crippen LogP contribution in [0, 0.1) is 0 Å². The van der Waals surface area contributed by atoms with Gasteiger partial charge in [0, 0.05) is 42.2 Å². The highest BCUT2D eigenvalue weighted by atomic mass is 35.5. The lowest BCUT2D eigenvalue weighted by Gasteiger charge is -2.31. The first-order valence-corrected chi connectivity index (χ1v) is 14.3. The highest BCUT2D eigenvalue weighted by Crippen LogP contribution is 2.28. The van der Waals surface area contributed by atoms with Gasteiger partial charge in [-0.15, -0.1) is 0 Å². The molecule has 0 saturated carbocycles. The lowest BCUT2D eigenvalue weighted by molar-refractivity contribution is -0.141. The van der Waals surface area contributed by atoms with Gasteiger partial charge >= 0.3 is 0 Å². The Bertz CT molecular complexity index is 1120. The van der Waals surface area contributed by atoms with Crippen LogP contribution in [-0.2, 0) is 26.2 Å². The molecule has 8 nitrogen and oxygen atoms in total. The van der Waals surface area contributed by atoms with Crippen molar-refractivity contribution in [3.05, 3.63) is 58.1 Å². The average Bonchev–Trinajstić information content (AvgIpc) is 2.83. The van der Waals surface area contributed by atoms with E-state index in [2.05, 4.69) is 5.32 Å². The molecule has 198 valence electrons. The lowest BCUT2D eigenvalue weighted by atomic mass is 10.1. The maximum absolute atomic E-state index is 13.4. The minimum absolute atomic E-state index is 0.0264. The smallest absolute Gasteiger partial charge is 0.242 e. The van der Waals surface area contributed by atoms with E-state index in [0.29, 0.717) is 40.1 Å². The Hall–Kier alpha value is -2.49. The van der Waals surface area contributed by atoms with Gasteiger partial charge in [-0.25, -0.2) is 8.42 Å². The molecule has 0 heterocycles. The summed E-state index contributed by atoms with van der Waals surface area (Å²) in [5.41, 5.74) is 1.02. The van der Waals surface area contributed by atoms with Gasteiger partial charge in [0.1, 0.15) is 11.8 Å². The maximum atomic E-state index is 13.4. The largest absolute Gasteiger partial charge is 0.494 e. The number of likely N-dealkylation sites (N-methyl/N-ethyl adjacent to an activating group) is 1. The van der Waals surface area contributed by atoms with Crippen molar-refractivity contribution in [1.29, 1.82) is 0 Å². The Kier molecular flexibility index (Phi) is 11.3. The van der Waals surface area contributed by atoms with Crippen LogP contribution in [0.3, 0.4) is 0 Å². The van der Waals surface area contributed by atoms with Crippen LogP contribution in [0.5, 0.6) is 5.75 Å². The number of nitrogens with one attached hydrogen (secondary N) is 1. The fourth-order valence-corrected chi connectivity index (χ4v) is 5.30. The minimum Gasteiger partial charge on any atom is -0.494 e. The third kappa shape index (κ3) is 8.01. The fraction of sp³-hybridized carbons (Fsp3) is 0.440. The second-order valence-corrected chi connectivity index (χ2v) is 10.8. The minimum atomic E-state index is -3.59. The summed E-state index contributed by atoms with van der Waals surface area (Å²) in [5.74, 6) is 0.0290. The molecule has 0 spiro atoms. The molecule has 36 heavy (non-hydrogen) atoms. The molecule has 0 unspecified atom stereocenters. The number of nitrogens with zero attached hydrogens (tertiary/aromatic N) is 2. The van der Waals surface area contributed by atoms with Gasteiger partial charge in [-0.05, 0) is 56.2 Å². The number of anilines is 1. The number of amides is 2. The summed E-state index contributed by atoms with van der Waals surface area (Å²) < 4.78 is 31.6. The number of hydrogen-bond acceptors (Lipinski definition) is 5. The number of carbonyl (C=O) groups excluding carboxylic acids is 2. The zero-order valence-corrected chi connectivity index (χ0v) is 23.3. The molecule has 0 fully saturated rings. The molecule has 0 aliphatic carbocycles. The maximum Gasteiger partial charge on any atom is 0.242 e. The van der Waals surface area contributed by atoms with Crippen LogP contribution in [0.15, 0.2) is 42.5 Å². The number of ether oxygens (including phenoxy) is 1. The number of sulfonamides is 1. The fourth-order valence-electron chi connectivity index (χ4n) is 3.82. The quantitative estimate of drug-likeness (QED) is 0.391. The lowest BCUT2D eigenvalue weighted by Crippen LogP contribution is -2.48. The van der Waals surface area contributed by atoms with E-state index >= 15 is 0 Å². The van der Waals surface area contributed by atoms with Gasteiger partial charge in [0.05, 0.1) is 18.6 Å². The topological polar surface area (TPSA) is 96.0 Å². The Morgan fingerprint density at radius 1 is 1.06 bits per heavy atom.